The molecule has 2 N–H and O–H groups in total. The molecule has 116 valence electrons. The summed E-state index contributed by atoms with van der Waals surface area (Å²) in [6.07, 6.45) is 0.606. The van der Waals surface area contributed by atoms with Crippen LogP contribution in [0.4, 0.5) is 0 Å². The summed E-state index contributed by atoms with van der Waals surface area (Å²) in [5.74, 6) is 0. The Morgan fingerprint density at radius 2 is 2.00 bits per heavy atom. The van der Waals surface area contributed by atoms with Gasteiger partial charge in [-0.25, -0.2) is 8.42 Å². The van der Waals surface area contributed by atoms with Crippen LogP contribution in [-0.2, 0) is 9.84 Å². The molecule has 21 heavy (non-hydrogen) atoms. The van der Waals surface area contributed by atoms with Crippen molar-refractivity contribution in [3.8, 4) is 0 Å². The van der Waals surface area contributed by atoms with Gasteiger partial charge in [0.15, 0.2) is 9.84 Å². The minimum Gasteiger partial charge on any atom is -0.386 e. The van der Waals surface area contributed by atoms with E-state index in [9.17, 15) is 13.5 Å². The maximum atomic E-state index is 11.6. The zero-order valence-electron chi connectivity index (χ0n) is 12.5. The lowest BCUT2D eigenvalue weighted by atomic mass is 10.2. The van der Waals surface area contributed by atoms with E-state index in [1.165, 1.54) is 6.26 Å². The predicted molar refractivity (Wildman–Crippen MR) is 88.6 cm³/mol. The Bertz CT molecular complexity index is 686. The van der Waals surface area contributed by atoms with Crippen molar-refractivity contribution >= 4 is 31.3 Å². The van der Waals surface area contributed by atoms with Crippen molar-refractivity contribution in [3.63, 3.8) is 0 Å². The van der Waals surface area contributed by atoms with E-state index in [-0.39, 0.29) is 0 Å². The van der Waals surface area contributed by atoms with Crippen molar-refractivity contribution in [2.24, 2.45) is 0 Å². The quantitative estimate of drug-likeness (QED) is 0.855. The molecule has 1 aromatic carbocycles. The molecule has 0 bridgehead atoms. The van der Waals surface area contributed by atoms with Gasteiger partial charge in [-0.1, -0.05) is 18.2 Å². The van der Waals surface area contributed by atoms with Crippen molar-refractivity contribution in [1.29, 1.82) is 0 Å². The molecular weight excluding hydrogens is 306 g/mol. The molecule has 0 fully saturated rings. The molecule has 0 saturated heterocycles. The van der Waals surface area contributed by atoms with Crippen LogP contribution < -0.4 is 5.32 Å². The molecule has 0 aliphatic carbocycles. The molecule has 0 radical (unpaired) electrons. The van der Waals surface area contributed by atoms with Gasteiger partial charge in [0.2, 0.25) is 0 Å². The van der Waals surface area contributed by atoms with E-state index < -0.39 is 20.7 Å². The summed E-state index contributed by atoms with van der Waals surface area (Å²) in [6.45, 7) is 4.02. The molecule has 2 rings (SSSR count). The van der Waals surface area contributed by atoms with E-state index in [2.05, 4.69) is 5.32 Å². The maximum absolute atomic E-state index is 11.6. The van der Waals surface area contributed by atoms with Gasteiger partial charge >= 0.3 is 0 Å². The van der Waals surface area contributed by atoms with Crippen molar-refractivity contribution in [2.45, 2.75) is 24.7 Å². The minimum absolute atomic E-state index is 0.313. The highest BCUT2D eigenvalue weighted by Crippen LogP contribution is 2.29. The summed E-state index contributed by atoms with van der Waals surface area (Å²) < 4.78 is 23.5. The first-order valence-electron chi connectivity index (χ1n) is 6.77. The Morgan fingerprint density at radius 3 is 2.62 bits per heavy atom. The highest BCUT2D eigenvalue weighted by Gasteiger charge is 2.29. The lowest BCUT2D eigenvalue weighted by Gasteiger charge is -2.23. The largest absolute Gasteiger partial charge is 0.386 e. The zero-order chi connectivity index (χ0) is 15.7. The summed E-state index contributed by atoms with van der Waals surface area (Å²) in [6, 6.07) is 9.96. The number of nitrogens with one attached hydrogen (secondary N) is 1. The molecule has 1 heterocycles. The number of sulfone groups is 1. The van der Waals surface area contributed by atoms with Crippen molar-refractivity contribution in [1.82, 2.24) is 5.32 Å². The van der Waals surface area contributed by atoms with Gasteiger partial charge in [0, 0.05) is 28.9 Å². The topological polar surface area (TPSA) is 66.4 Å². The predicted octanol–water partition coefficient (Wildman–Crippen LogP) is 2.35. The minimum atomic E-state index is -3.13. The summed E-state index contributed by atoms with van der Waals surface area (Å²) in [5, 5.41) is 14.4. The second-order valence-electron chi connectivity index (χ2n) is 5.87. The molecular formula is C15H21NO3S2. The van der Waals surface area contributed by atoms with Crippen LogP contribution in [0.2, 0.25) is 0 Å². The first-order valence-corrected chi connectivity index (χ1v) is 9.48. The molecule has 2 aromatic rings. The second kappa shape index (κ2) is 6.04. The number of aliphatic hydroxyl groups excluding tert-OH is 1. The number of fused-ring (bicyclic) bond motifs is 1. The van der Waals surface area contributed by atoms with Gasteiger partial charge in [0.05, 0.1) is 4.75 Å². The van der Waals surface area contributed by atoms with Gasteiger partial charge in [-0.05, 0) is 31.4 Å². The first kappa shape index (κ1) is 16.4. The number of aliphatic hydroxyl groups is 1. The van der Waals surface area contributed by atoms with Gasteiger partial charge in [-0.15, -0.1) is 11.3 Å². The number of benzene rings is 1. The number of hydrogen-bond acceptors (Lipinski definition) is 5. The van der Waals surface area contributed by atoms with Crippen LogP contribution in [0.15, 0.2) is 30.3 Å². The van der Waals surface area contributed by atoms with E-state index in [4.69, 9.17) is 0 Å². The van der Waals surface area contributed by atoms with Crippen molar-refractivity contribution < 1.29 is 13.5 Å². The standard InChI is InChI=1S/C15H21NO3S2/c1-15(2,21(3,18)19)10-16-9-12(17)14-8-11-6-4-5-7-13(11)20-14/h4-8,12,16-17H,9-10H2,1-3H3. The van der Waals surface area contributed by atoms with Gasteiger partial charge in [0.1, 0.15) is 6.10 Å². The molecule has 0 aliphatic heterocycles. The normalized spacial score (nSPS) is 14.5. The molecule has 4 nitrogen and oxygen atoms in total. The Hall–Kier alpha value is -0.950. The molecule has 0 amide bonds. The van der Waals surface area contributed by atoms with Crippen LogP contribution in [0.25, 0.3) is 10.1 Å². The Labute approximate surface area is 129 Å². The van der Waals surface area contributed by atoms with Crippen LogP contribution in [-0.4, -0.2) is 37.6 Å². The van der Waals surface area contributed by atoms with Crippen molar-refractivity contribution in [3.05, 3.63) is 35.2 Å². The number of hydrogen-bond donors (Lipinski definition) is 2. The van der Waals surface area contributed by atoms with Crippen molar-refractivity contribution in [2.75, 3.05) is 19.3 Å². The van der Waals surface area contributed by atoms with E-state index in [1.54, 1.807) is 25.2 Å². The third-order valence-electron chi connectivity index (χ3n) is 3.67. The average Bonchev–Trinajstić information content (AvgIpc) is 2.80. The fraction of sp³-hybridized carbons (Fsp3) is 0.467. The fourth-order valence-electron chi connectivity index (χ4n) is 1.91. The lowest BCUT2D eigenvalue weighted by molar-refractivity contribution is 0.177. The van der Waals surface area contributed by atoms with Crippen LogP contribution in [0.1, 0.15) is 24.8 Å². The summed E-state index contributed by atoms with van der Waals surface area (Å²) >= 11 is 1.56. The SMILES string of the molecule is CC(C)(CNCC(O)c1cc2ccccc2s1)S(C)(=O)=O. The van der Waals surface area contributed by atoms with Gasteiger partial charge in [0.25, 0.3) is 0 Å². The zero-order valence-corrected chi connectivity index (χ0v) is 14.1. The summed E-state index contributed by atoms with van der Waals surface area (Å²) in [5.41, 5.74) is 0. The lowest BCUT2D eigenvalue weighted by Crippen LogP contribution is -2.42. The monoisotopic (exact) mass is 327 g/mol. The van der Waals surface area contributed by atoms with Gasteiger partial charge < -0.3 is 10.4 Å². The number of thiophene rings is 1. The maximum Gasteiger partial charge on any atom is 0.153 e. The van der Waals surface area contributed by atoms with E-state index in [0.717, 1.165) is 15.0 Å². The molecule has 0 saturated carbocycles. The van der Waals surface area contributed by atoms with Gasteiger partial charge in [-0.2, -0.15) is 0 Å². The van der Waals surface area contributed by atoms with Crippen LogP contribution in [0, 0.1) is 0 Å². The van der Waals surface area contributed by atoms with E-state index >= 15 is 0 Å². The second-order valence-corrected chi connectivity index (χ2v) is 9.63. The summed E-state index contributed by atoms with van der Waals surface area (Å²) in [4.78, 5) is 0.890. The Balaban J connectivity index is 1.97. The summed E-state index contributed by atoms with van der Waals surface area (Å²) in [7, 11) is -3.13. The third-order valence-corrected chi connectivity index (χ3v) is 7.03. The molecule has 1 aromatic heterocycles. The first-order chi connectivity index (χ1) is 9.71. The smallest absolute Gasteiger partial charge is 0.153 e. The Kier molecular flexibility index (Phi) is 4.72. The highest BCUT2D eigenvalue weighted by atomic mass is 32.2. The van der Waals surface area contributed by atoms with E-state index in [0.29, 0.717) is 13.1 Å². The van der Waals surface area contributed by atoms with Crippen LogP contribution in [0.3, 0.4) is 0 Å². The Morgan fingerprint density at radius 1 is 1.33 bits per heavy atom. The number of rotatable bonds is 6. The molecule has 0 spiro atoms. The third kappa shape index (κ3) is 3.83. The molecule has 0 aliphatic rings. The molecule has 1 atom stereocenters. The van der Waals surface area contributed by atoms with Gasteiger partial charge in [-0.3, -0.25) is 0 Å². The van der Waals surface area contributed by atoms with Crippen LogP contribution in [0.5, 0.6) is 0 Å². The van der Waals surface area contributed by atoms with E-state index in [1.807, 2.05) is 30.3 Å². The highest BCUT2D eigenvalue weighted by molar-refractivity contribution is 7.92. The average molecular weight is 327 g/mol. The molecule has 1 unspecified atom stereocenters. The van der Waals surface area contributed by atoms with Crippen LogP contribution >= 0.6 is 11.3 Å². The molecule has 6 heteroatoms. The fourth-order valence-corrected chi connectivity index (χ4v) is 3.32.